The molecule has 3 N–H and O–H groups in total. The van der Waals surface area contributed by atoms with Gasteiger partial charge in [-0.3, -0.25) is 0 Å². The van der Waals surface area contributed by atoms with E-state index in [9.17, 15) is 0 Å². The topological polar surface area (TPSA) is 107 Å². The standard InChI is InChI=1S/C8H6N6O/c9-6-5-8(11-3-10-6)13-7(12-5)4-1-2-15-14-4/h1-3H,(H3,9,10,11,12,13). The van der Waals surface area contributed by atoms with Gasteiger partial charge < -0.3 is 15.2 Å². The second-order valence-corrected chi connectivity index (χ2v) is 2.93. The van der Waals surface area contributed by atoms with E-state index in [1.54, 1.807) is 6.07 Å². The van der Waals surface area contributed by atoms with Crippen molar-refractivity contribution in [2.75, 3.05) is 5.73 Å². The van der Waals surface area contributed by atoms with Gasteiger partial charge in [0, 0.05) is 6.07 Å². The van der Waals surface area contributed by atoms with Gasteiger partial charge in [0.05, 0.1) is 0 Å². The number of hydrogen-bond acceptors (Lipinski definition) is 6. The van der Waals surface area contributed by atoms with Crippen molar-refractivity contribution in [3.8, 4) is 11.5 Å². The fourth-order valence-electron chi connectivity index (χ4n) is 1.30. The molecule has 0 bridgehead atoms. The van der Waals surface area contributed by atoms with Gasteiger partial charge in [-0.25, -0.2) is 15.0 Å². The first-order valence-electron chi connectivity index (χ1n) is 4.21. The molecule has 0 unspecified atom stereocenters. The zero-order valence-corrected chi connectivity index (χ0v) is 7.51. The molecule has 0 aromatic carbocycles. The largest absolute Gasteiger partial charge is 0.382 e. The molecular weight excluding hydrogens is 196 g/mol. The number of nitrogens with one attached hydrogen (secondary N) is 1. The van der Waals surface area contributed by atoms with Crippen LogP contribution >= 0.6 is 0 Å². The molecule has 0 radical (unpaired) electrons. The van der Waals surface area contributed by atoms with Gasteiger partial charge in [-0.2, -0.15) is 0 Å². The van der Waals surface area contributed by atoms with Crippen LogP contribution < -0.4 is 5.73 Å². The van der Waals surface area contributed by atoms with Crippen molar-refractivity contribution in [3.05, 3.63) is 18.7 Å². The molecule has 3 aromatic rings. The second kappa shape index (κ2) is 2.77. The maximum absolute atomic E-state index is 5.66. The van der Waals surface area contributed by atoms with E-state index >= 15 is 0 Å². The van der Waals surface area contributed by atoms with Crippen LogP contribution in [-0.4, -0.2) is 25.1 Å². The molecule has 0 spiro atoms. The lowest BCUT2D eigenvalue weighted by molar-refractivity contribution is 0.422. The molecule has 0 aliphatic heterocycles. The second-order valence-electron chi connectivity index (χ2n) is 2.93. The molecule has 74 valence electrons. The highest BCUT2D eigenvalue weighted by Gasteiger charge is 2.10. The molecule has 3 aromatic heterocycles. The van der Waals surface area contributed by atoms with Crippen LogP contribution in [0.4, 0.5) is 5.82 Å². The third-order valence-electron chi connectivity index (χ3n) is 2.00. The summed E-state index contributed by atoms with van der Waals surface area (Å²) in [4.78, 5) is 15.0. The predicted molar refractivity (Wildman–Crippen MR) is 51.6 cm³/mol. The number of nitrogen functional groups attached to an aromatic ring is 1. The number of fused-ring (bicyclic) bond motifs is 1. The van der Waals surface area contributed by atoms with Crippen molar-refractivity contribution >= 4 is 17.0 Å². The van der Waals surface area contributed by atoms with Gasteiger partial charge in [0.15, 0.2) is 17.3 Å². The summed E-state index contributed by atoms with van der Waals surface area (Å²) in [5, 5.41) is 3.75. The Labute approximate surface area is 83.3 Å². The van der Waals surface area contributed by atoms with E-state index in [1.807, 2.05) is 0 Å². The van der Waals surface area contributed by atoms with E-state index in [4.69, 9.17) is 10.3 Å². The summed E-state index contributed by atoms with van der Waals surface area (Å²) in [7, 11) is 0. The number of anilines is 1. The Morgan fingerprint density at radius 1 is 1.33 bits per heavy atom. The van der Waals surface area contributed by atoms with Crippen LogP contribution in [0.1, 0.15) is 0 Å². The molecule has 0 aliphatic carbocycles. The van der Waals surface area contributed by atoms with Crippen LogP contribution in [0.3, 0.4) is 0 Å². The molecule has 7 heteroatoms. The van der Waals surface area contributed by atoms with Gasteiger partial charge in [-0.1, -0.05) is 5.16 Å². The summed E-state index contributed by atoms with van der Waals surface area (Å²) in [5.41, 5.74) is 7.38. The average Bonchev–Trinajstić information content (AvgIpc) is 2.86. The van der Waals surface area contributed by atoms with Gasteiger partial charge in [-0.05, 0) is 0 Å². The average molecular weight is 202 g/mol. The minimum absolute atomic E-state index is 0.363. The van der Waals surface area contributed by atoms with Crippen LogP contribution in [-0.2, 0) is 0 Å². The maximum atomic E-state index is 5.66. The van der Waals surface area contributed by atoms with E-state index in [2.05, 4.69) is 25.1 Å². The van der Waals surface area contributed by atoms with E-state index in [1.165, 1.54) is 12.6 Å². The van der Waals surface area contributed by atoms with Crippen LogP contribution in [0.2, 0.25) is 0 Å². The summed E-state index contributed by atoms with van der Waals surface area (Å²) >= 11 is 0. The number of nitrogens with two attached hydrogens (primary N) is 1. The summed E-state index contributed by atoms with van der Waals surface area (Å²) in [6, 6.07) is 1.70. The molecule has 3 rings (SSSR count). The third kappa shape index (κ3) is 1.13. The smallest absolute Gasteiger partial charge is 0.183 e. The Morgan fingerprint density at radius 2 is 2.27 bits per heavy atom. The van der Waals surface area contributed by atoms with Gasteiger partial charge in [0.2, 0.25) is 0 Å². The number of H-pyrrole nitrogens is 1. The Bertz CT molecular complexity index is 599. The monoisotopic (exact) mass is 202 g/mol. The number of aromatic amines is 1. The van der Waals surface area contributed by atoms with Crippen molar-refractivity contribution in [1.82, 2.24) is 25.1 Å². The molecule has 0 fully saturated rings. The number of hydrogen-bond donors (Lipinski definition) is 2. The van der Waals surface area contributed by atoms with Crippen LogP contribution in [0.25, 0.3) is 22.7 Å². The van der Waals surface area contributed by atoms with Gasteiger partial charge >= 0.3 is 0 Å². The van der Waals surface area contributed by atoms with E-state index in [0.29, 0.717) is 28.5 Å². The van der Waals surface area contributed by atoms with Gasteiger partial charge in [0.1, 0.15) is 23.8 Å². The van der Waals surface area contributed by atoms with E-state index in [-0.39, 0.29) is 0 Å². The van der Waals surface area contributed by atoms with Crippen LogP contribution in [0.15, 0.2) is 23.2 Å². The SMILES string of the molecule is Nc1ncnc2nc(-c3ccon3)[nH]c12. The Morgan fingerprint density at radius 3 is 3.00 bits per heavy atom. The molecular formula is C8H6N6O. The van der Waals surface area contributed by atoms with Crippen LogP contribution in [0.5, 0.6) is 0 Å². The molecule has 3 heterocycles. The Balaban J connectivity index is 2.27. The molecule has 0 saturated heterocycles. The minimum Gasteiger partial charge on any atom is -0.382 e. The van der Waals surface area contributed by atoms with Crippen LogP contribution in [0, 0.1) is 0 Å². The fraction of sp³-hybridized carbons (Fsp3) is 0. The first-order valence-corrected chi connectivity index (χ1v) is 4.21. The maximum Gasteiger partial charge on any atom is 0.183 e. The summed E-state index contributed by atoms with van der Waals surface area (Å²) in [6.45, 7) is 0. The third-order valence-corrected chi connectivity index (χ3v) is 2.00. The lowest BCUT2D eigenvalue weighted by Gasteiger charge is -1.89. The first-order chi connectivity index (χ1) is 7.34. The molecule has 0 saturated carbocycles. The quantitative estimate of drug-likeness (QED) is 0.598. The minimum atomic E-state index is 0.363. The summed E-state index contributed by atoms with van der Waals surface area (Å²) in [5.74, 6) is 0.924. The zero-order chi connectivity index (χ0) is 10.3. The van der Waals surface area contributed by atoms with E-state index in [0.717, 1.165) is 0 Å². The lowest BCUT2D eigenvalue weighted by atomic mass is 10.4. The number of rotatable bonds is 1. The van der Waals surface area contributed by atoms with Crippen molar-refractivity contribution in [2.24, 2.45) is 0 Å². The van der Waals surface area contributed by atoms with Crippen molar-refractivity contribution in [1.29, 1.82) is 0 Å². The first kappa shape index (κ1) is 7.92. The van der Waals surface area contributed by atoms with Gasteiger partial charge in [-0.15, -0.1) is 0 Å². The molecule has 7 nitrogen and oxygen atoms in total. The normalized spacial score (nSPS) is 10.9. The highest BCUT2D eigenvalue weighted by molar-refractivity contribution is 5.83. The lowest BCUT2D eigenvalue weighted by Crippen LogP contribution is -1.91. The van der Waals surface area contributed by atoms with E-state index < -0.39 is 0 Å². The number of imidazole rings is 1. The highest BCUT2D eigenvalue weighted by atomic mass is 16.5. The number of nitrogens with zero attached hydrogens (tertiary/aromatic N) is 4. The van der Waals surface area contributed by atoms with Crippen molar-refractivity contribution in [2.45, 2.75) is 0 Å². The molecule has 15 heavy (non-hydrogen) atoms. The number of aromatic nitrogens is 5. The highest BCUT2D eigenvalue weighted by Crippen LogP contribution is 2.19. The molecule has 0 atom stereocenters. The zero-order valence-electron chi connectivity index (χ0n) is 7.51. The molecule has 0 amide bonds. The Kier molecular flexibility index (Phi) is 1.46. The summed E-state index contributed by atoms with van der Waals surface area (Å²) < 4.78 is 4.72. The Hall–Kier alpha value is -2.44. The predicted octanol–water partition coefficient (Wildman–Crippen LogP) is 0.590. The van der Waals surface area contributed by atoms with Crippen molar-refractivity contribution < 1.29 is 4.52 Å². The molecule has 0 aliphatic rings. The van der Waals surface area contributed by atoms with Gasteiger partial charge in [0.25, 0.3) is 0 Å². The summed E-state index contributed by atoms with van der Waals surface area (Å²) in [6.07, 6.45) is 2.84. The fourth-order valence-corrected chi connectivity index (χ4v) is 1.30. The van der Waals surface area contributed by atoms with Crippen molar-refractivity contribution in [3.63, 3.8) is 0 Å².